The van der Waals surface area contributed by atoms with E-state index in [2.05, 4.69) is 0 Å². The number of hydrogen-bond donors (Lipinski definition) is 1. The number of nitrogens with zero attached hydrogens (tertiary/aromatic N) is 2. The van der Waals surface area contributed by atoms with Crippen LogP contribution in [-0.4, -0.2) is 30.9 Å². The predicted octanol–water partition coefficient (Wildman–Crippen LogP) is 6.11. The van der Waals surface area contributed by atoms with Crippen LogP contribution in [-0.2, 0) is 12.7 Å². The second kappa shape index (κ2) is 10.3. The van der Waals surface area contributed by atoms with Crippen LogP contribution in [0.25, 0.3) is 21.9 Å². The molecule has 5 aromatic rings. The van der Waals surface area contributed by atoms with Gasteiger partial charge in [0.05, 0.1) is 24.7 Å². The van der Waals surface area contributed by atoms with E-state index in [0.29, 0.717) is 28.4 Å². The maximum Gasteiger partial charge on any atom is 0.416 e. The van der Waals surface area contributed by atoms with Crippen molar-refractivity contribution in [3.05, 3.63) is 98.6 Å². The standard InChI is InChI=1S/C29H23F3N2O5S/c1-33(2)18-9-12-21-22(14-18)34(15-16-7-10-19(38-3)11-8-16)27(36)23-24(35)26(28(37)39-25(21)23)40-20-6-4-5-17(13-20)29(30,31)32/h4-14,35H,15H2,1-3H3. The lowest BCUT2D eigenvalue weighted by Crippen LogP contribution is -2.23. The zero-order chi connectivity index (χ0) is 28.8. The minimum absolute atomic E-state index is 0.0479. The number of rotatable bonds is 6. The van der Waals surface area contributed by atoms with Crippen LogP contribution < -0.4 is 20.8 Å². The molecule has 0 spiro atoms. The highest BCUT2D eigenvalue weighted by Crippen LogP contribution is 2.39. The highest BCUT2D eigenvalue weighted by atomic mass is 32.2. The molecule has 0 saturated heterocycles. The van der Waals surface area contributed by atoms with E-state index in [9.17, 15) is 27.9 Å². The summed E-state index contributed by atoms with van der Waals surface area (Å²) in [6.07, 6.45) is -4.59. The van der Waals surface area contributed by atoms with Crippen LogP contribution in [0.4, 0.5) is 18.9 Å². The van der Waals surface area contributed by atoms with E-state index >= 15 is 0 Å². The van der Waals surface area contributed by atoms with Gasteiger partial charge in [-0.3, -0.25) is 4.79 Å². The zero-order valence-electron chi connectivity index (χ0n) is 21.6. The molecule has 0 saturated carbocycles. The van der Waals surface area contributed by atoms with Crippen molar-refractivity contribution in [1.82, 2.24) is 4.57 Å². The van der Waals surface area contributed by atoms with Gasteiger partial charge in [0, 0.05) is 30.1 Å². The van der Waals surface area contributed by atoms with Crippen molar-refractivity contribution >= 4 is 39.3 Å². The molecule has 7 nitrogen and oxygen atoms in total. The maximum atomic E-state index is 13.9. The van der Waals surface area contributed by atoms with Gasteiger partial charge in [0.25, 0.3) is 5.56 Å². The van der Waals surface area contributed by atoms with E-state index < -0.39 is 28.7 Å². The van der Waals surface area contributed by atoms with Crippen LogP contribution in [0.1, 0.15) is 11.1 Å². The number of alkyl halides is 3. The summed E-state index contributed by atoms with van der Waals surface area (Å²) in [4.78, 5) is 28.4. The summed E-state index contributed by atoms with van der Waals surface area (Å²) >= 11 is 0.595. The fraction of sp³-hybridized carbons (Fsp3) is 0.172. The minimum Gasteiger partial charge on any atom is -0.505 e. The van der Waals surface area contributed by atoms with Crippen molar-refractivity contribution in [2.75, 3.05) is 26.1 Å². The Morgan fingerprint density at radius 3 is 2.40 bits per heavy atom. The molecule has 206 valence electrons. The third kappa shape index (κ3) is 5.00. The first-order valence-electron chi connectivity index (χ1n) is 12.0. The van der Waals surface area contributed by atoms with Gasteiger partial charge in [0.2, 0.25) is 0 Å². The van der Waals surface area contributed by atoms with E-state index in [1.807, 2.05) is 19.0 Å². The summed E-state index contributed by atoms with van der Waals surface area (Å²) in [6.45, 7) is 0.126. The number of aromatic hydroxyl groups is 1. The Labute approximate surface area is 230 Å². The van der Waals surface area contributed by atoms with Gasteiger partial charge in [-0.15, -0.1) is 0 Å². The highest BCUT2D eigenvalue weighted by molar-refractivity contribution is 7.99. The first kappa shape index (κ1) is 27.2. The van der Waals surface area contributed by atoms with E-state index in [1.54, 1.807) is 49.6 Å². The second-order valence-electron chi connectivity index (χ2n) is 9.23. The summed E-state index contributed by atoms with van der Waals surface area (Å²) in [6, 6.07) is 16.7. The molecule has 3 aromatic carbocycles. The average Bonchev–Trinajstić information content (AvgIpc) is 2.92. The number of halogens is 3. The Hall–Kier alpha value is -4.38. The molecule has 40 heavy (non-hydrogen) atoms. The molecule has 0 aliphatic heterocycles. The molecule has 0 aliphatic rings. The molecule has 0 fully saturated rings. The number of benzene rings is 3. The summed E-state index contributed by atoms with van der Waals surface area (Å²) in [5.74, 6) is -0.00855. The van der Waals surface area contributed by atoms with Crippen molar-refractivity contribution in [2.45, 2.75) is 22.5 Å². The Morgan fingerprint density at radius 1 is 1.02 bits per heavy atom. The molecule has 1 N–H and O–H groups in total. The fourth-order valence-corrected chi connectivity index (χ4v) is 5.26. The Morgan fingerprint density at radius 2 is 1.75 bits per heavy atom. The molecule has 0 radical (unpaired) electrons. The van der Waals surface area contributed by atoms with Gasteiger partial charge in [-0.25, -0.2) is 4.79 Å². The monoisotopic (exact) mass is 568 g/mol. The second-order valence-corrected chi connectivity index (χ2v) is 10.3. The first-order valence-corrected chi connectivity index (χ1v) is 12.8. The normalized spacial score (nSPS) is 11.8. The summed E-state index contributed by atoms with van der Waals surface area (Å²) in [5.41, 5.74) is -0.578. The van der Waals surface area contributed by atoms with Crippen molar-refractivity contribution in [2.24, 2.45) is 0 Å². The number of hydrogen-bond acceptors (Lipinski definition) is 7. The summed E-state index contributed by atoms with van der Waals surface area (Å²) in [7, 11) is 5.24. The lowest BCUT2D eigenvalue weighted by atomic mass is 10.1. The van der Waals surface area contributed by atoms with E-state index in [0.717, 1.165) is 23.4 Å². The molecule has 0 amide bonds. The third-order valence-electron chi connectivity index (χ3n) is 6.43. The lowest BCUT2D eigenvalue weighted by Gasteiger charge is -2.18. The molecular weight excluding hydrogens is 545 g/mol. The average molecular weight is 569 g/mol. The van der Waals surface area contributed by atoms with E-state index in [1.165, 1.54) is 16.7 Å². The van der Waals surface area contributed by atoms with Gasteiger partial charge >= 0.3 is 11.8 Å². The number of methoxy groups -OCH3 is 1. The van der Waals surface area contributed by atoms with Gasteiger partial charge in [-0.2, -0.15) is 13.2 Å². The number of anilines is 1. The molecule has 11 heteroatoms. The van der Waals surface area contributed by atoms with Gasteiger partial charge in [0.15, 0.2) is 11.3 Å². The third-order valence-corrected chi connectivity index (χ3v) is 7.49. The van der Waals surface area contributed by atoms with E-state index in [4.69, 9.17) is 9.15 Å². The van der Waals surface area contributed by atoms with Crippen LogP contribution in [0.15, 0.2) is 90.5 Å². The summed E-state index contributed by atoms with van der Waals surface area (Å²) < 4.78 is 51.9. The quantitative estimate of drug-likeness (QED) is 0.248. The Kier molecular flexibility index (Phi) is 7.01. The van der Waals surface area contributed by atoms with Gasteiger partial charge in [-0.05, 0) is 54.1 Å². The maximum absolute atomic E-state index is 13.9. The zero-order valence-corrected chi connectivity index (χ0v) is 22.4. The van der Waals surface area contributed by atoms with Crippen LogP contribution >= 0.6 is 11.8 Å². The topological polar surface area (TPSA) is 84.9 Å². The summed E-state index contributed by atoms with van der Waals surface area (Å²) in [5, 5.41) is 11.4. The van der Waals surface area contributed by atoms with E-state index in [-0.39, 0.29) is 27.3 Å². The molecule has 2 heterocycles. The molecule has 0 aliphatic carbocycles. The minimum atomic E-state index is -4.59. The number of fused-ring (bicyclic) bond motifs is 3. The molecule has 0 bridgehead atoms. The smallest absolute Gasteiger partial charge is 0.416 e. The fourth-order valence-electron chi connectivity index (χ4n) is 4.37. The largest absolute Gasteiger partial charge is 0.505 e. The van der Waals surface area contributed by atoms with Crippen LogP contribution in [0.3, 0.4) is 0 Å². The van der Waals surface area contributed by atoms with Crippen molar-refractivity contribution in [3.63, 3.8) is 0 Å². The lowest BCUT2D eigenvalue weighted by molar-refractivity contribution is -0.137. The number of pyridine rings is 1. The molecular formula is C29H23F3N2O5S. The Balaban J connectivity index is 1.74. The van der Waals surface area contributed by atoms with Crippen molar-refractivity contribution in [1.29, 1.82) is 0 Å². The molecule has 2 aromatic heterocycles. The van der Waals surface area contributed by atoms with Crippen LogP contribution in [0, 0.1) is 0 Å². The van der Waals surface area contributed by atoms with Gasteiger partial charge < -0.3 is 23.7 Å². The first-order chi connectivity index (χ1) is 19.0. The predicted molar refractivity (Wildman–Crippen MR) is 148 cm³/mol. The molecule has 0 atom stereocenters. The number of ether oxygens (including phenoxy) is 1. The van der Waals surface area contributed by atoms with Gasteiger partial charge in [-0.1, -0.05) is 30.0 Å². The van der Waals surface area contributed by atoms with Crippen LogP contribution in [0.5, 0.6) is 11.5 Å². The molecule has 0 unspecified atom stereocenters. The molecule has 5 rings (SSSR count). The van der Waals surface area contributed by atoms with Crippen molar-refractivity contribution < 1.29 is 27.4 Å². The SMILES string of the molecule is COc1ccc(Cn2c(=O)c3c(O)c(Sc4cccc(C(F)(F)F)c4)c(=O)oc3c3ccc(N(C)C)cc32)cc1. The Bertz CT molecular complexity index is 1860. The number of aromatic nitrogens is 1. The van der Waals surface area contributed by atoms with Crippen molar-refractivity contribution in [3.8, 4) is 11.5 Å². The van der Waals surface area contributed by atoms with Gasteiger partial charge in [0.1, 0.15) is 16.0 Å². The highest BCUT2D eigenvalue weighted by Gasteiger charge is 2.31. The van der Waals surface area contributed by atoms with Crippen LogP contribution in [0.2, 0.25) is 0 Å².